The van der Waals surface area contributed by atoms with E-state index in [4.69, 9.17) is 0 Å². The summed E-state index contributed by atoms with van der Waals surface area (Å²) in [4.78, 5) is 12.2. The third kappa shape index (κ3) is 1.97. The van der Waals surface area contributed by atoms with Gasteiger partial charge in [-0.3, -0.25) is 9.48 Å². The van der Waals surface area contributed by atoms with Gasteiger partial charge in [-0.2, -0.15) is 0 Å². The molecule has 0 spiro atoms. The fraction of sp³-hybridized carbons (Fsp3) is 0.308. The molecular weight excluding hydrogens is 280 g/mol. The SMILES string of the molecule is CCc1c(Br)c(=O)n(-c2ccccc2)n1CC. The van der Waals surface area contributed by atoms with Gasteiger partial charge >= 0.3 is 0 Å². The Kier molecular flexibility index (Phi) is 3.52. The van der Waals surface area contributed by atoms with Gasteiger partial charge in [0.25, 0.3) is 5.56 Å². The summed E-state index contributed by atoms with van der Waals surface area (Å²) in [6.45, 7) is 4.88. The number of aromatic nitrogens is 2. The molecule has 0 aliphatic carbocycles. The summed E-state index contributed by atoms with van der Waals surface area (Å²) in [5.74, 6) is 0. The second kappa shape index (κ2) is 4.92. The number of benzene rings is 1. The Morgan fingerprint density at radius 3 is 2.35 bits per heavy atom. The maximum atomic E-state index is 12.2. The van der Waals surface area contributed by atoms with E-state index in [1.807, 2.05) is 41.9 Å². The molecular formula is C13H15BrN2O. The average Bonchev–Trinajstić information content (AvgIpc) is 2.62. The molecule has 0 saturated heterocycles. The van der Waals surface area contributed by atoms with Crippen LogP contribution in [0.5, 0.6) is 0 Å². The van der Waals surface area contributed by atoms with Crippen LogP contribution in [0.2, 0.25) is 0 Å². The molecule has 2 rings (SSSR count). The zero-order valence-electron chi connectivity index (χ0n) is 9.98. The zero-order valence-corrected chi connectivity index (χ0v) is 11.6. The molecule has 1 heterocycles. The van der Waals surface area contributed by atoms with Crippen LogP contribution < -0.4 is 5.56 Å². The monoisotopic (exact) mass is 294 g/mol. The molecule has 0 aliphatic rings. The van der Waals surface area contributed by atoms with Gasteiger partial charge in [-0.25, -0.2) is 4.68 Å². The van der Waals surface area contributed by atoms with Crippen molar-refractivity contribution in [1.82, 2.24) is 9.36 Å². The summed E-state index contributed by atoms with van der Waals surface area (Å²) in [6.07, 6.45) is 0.837. The molecule has 0 amide bonds. The zero-order chi connectivity index (χ0) is 12.4. The Balaban J connectivity index is 2.74. The maximum absolute atomic E-state index is 12.2. The normalized spacial score (nSPS) is 10.8. The smallest absolute Gasteiger partial charge is 0.281 e. The summed E-state index contributed by atoms with van der Waals surface area (Å²) in [5, 5.41) is 0. The van der Waals surface area contributed by atoms with Crippen molar-refractivity contribution in [3.63, 3.8) is 0 Å². The number of rotatable bonds is 3. The van der Waals surface area contributed by atoms with Crippen LogP contribution in [0, 0.1) is 0 Å². The van der Waals surface area contributed by atoms with Crippen LogP contribution in [0.4, 0.5) is 0 Å². The van der Waals surface area contributed by atoms with E-state index < -0.39 is 0 Å². The highest BCUT2D eigenvalue weighted by atomic mass is 79.9. The van der Waals surface area contributed by atoms with E-state index in [0.29, 0.717) is 4.47 Å². The fourth-order valence-electron chi connectivity index (χ4n) is 2.06. The lowest BCUT2D eigenvalue weighted by atomic mass is 10.3. The predicted molar refractivity (Wildman–Crippen MR) is 72.8 cm³/mol. The molecule has 0 aliphatic heterocycles. The Morgan fingerprint density at radius 1 is 1.18 bits per heavy atom. The van der Waals surface area contributed by atoms with Crippen LogP contribution in [0.15, 0.2) is 39.6 Å². The van der Waals surface area contributed by atoms with Crippen molar-refractivity contribution in [1.29, 1.82) is 0 Å². The van der Waals surface area contributed by atoms with Crippen molar-refractivity contribution in [2.75, 3.05) is 0 Å². The number of halogens is 1. The van der Waals surface area contributed by atoms with Crippen molar-refractivity contribution in [3.05, 3.63) is 50.9 Å². The van der Waals surface area contributed by atoms with Crippen LogP contribution in [0.3, 0.4) is 0 Å². The second-order valence-electron chi connectivity index (χ2n) is 3.78. The van der Waals surface area contributed by atoms with Gasteiger partial charge in [0.05, 0.1) is 11.4 Å². The highest BCUT2D eigenvalue weighted by Gasteiger charge is 2.16. The fourth-order valence-corrected chi connectivity index (χ4v) is 2.71. The third-order valence-electron chi connectivity index (χ3n) is 2.82. The molecule has 1 aromatic carbocycles. The summed E-state index contributed by atoms with van der Waals surface area (Å²) in [5.41, 5.74) is 1.95. The van der Waals surface area contributed by atoms with Gasteiger partial charge in [0.15, 0.2) is 0 Å². The quantitative estimate of drug-likeness (QED) is 0.855. The molecule has 4 heteroatoms. The maximum Gasteiger partial charge on any atom is 0.285 e. The van der Waals surface area contributed by atoms with Gasteiger partial charge < -0.3 is 0 Å². The van der Waals surface area contributed by atoms with E-state index in [1.54, 1.807) is 4.68 Å². The number of hydrogen-bond acceptors (Lipinski definition) is 1. The topological polar surface area (TPSA) is 26.9 Å². The second-order valence-corrected chi connectivity index (χ2v) is 4.58. The molecule has 3 nitrogen and oxygen atoms in total. The summed E-state index contributed by atoms with van der Waals surface area (Å²) < 4.78 is 4.41. The lowest BCUT2D eigenvalue weighted by Crippen LogP contribution is -2.21. The van der Waals surface area contributed by atoms with Crippen molar-refractivity contribution < 1.29 is 0 Å². The Labute approximate surface area is 109 Å². The van der Waals surface area contributed by atoms with Gasteiger partial charge in [0, 0.05) is 6.54 Å². The van der Waals surface area contributed by atoms with Gasteiger partial charge in [0.2, 0.25) is 0 Å². The minimum atomic E-state index is 0.00917. The van der Waals surface area contributed by atoms with Gasteiger partial charge in [0.1, 0.15) is 4.47 Å². The summed E-state index contributed by atoms with van der Waals surface area (Å²) in [7, 11) is 0. The lowest BCUT2D eigenvalue weighted by Gasteiger charge is -2.11. The van der Waals surface area contributed by atoms with Gasteiger partial charge in [-0.1, -0.05) is 25.1 Å². The van der Waals surface area contributed by atoms with Crippen LogP contribution in [0.25, 0.3) is 5.69 Å². The van der Waals surface area contributed by atoms with Crippen LogP contribution in [-0.2, 0) is 13.0 Å². The standard InChI is InChI=1S/C13H15BrN2O/c1-3-11-12(14)13(17)16(15(11)4-2)10-8-6-5-7-9-10/h5-9H,3-4H2,1-2H3. The molecule has 0 N–H and O–H groups in total. The van der Waals surface area contributed by atoms with Crippen molar-refractivity contribution >= 4 is 15.9 Å². The molecule has 1 aromatic heterocycles. The lowest BCUT2D eigenvalue weighted by molar-refractivity contribution is 0.551. The predicted octanol–water partition coefficient (Wildman–Crippen LogP) is 2.98. The van der Waals surface area contributed by atoms with Crippen molar-refractivity contribution in [2.45, 2.75) is 26.8 Å². The van der Waals surface area contributed by atoms with E-state index in [-0.39, 0.29) is 5.56 Å². The first-order valence-electron chi connectivity index (χ1n) is 5.76. The largest absolute Gasteiger partial charge is 0.285 e. The summed E-state index contributed by atoms with van der Waals surface area (Å²) in [6, 6.07) is 9.71. The molecule has 0 unspecified atom stereocenters. The molecule has 90 valence electrons. The third-order valence-corrected chi connectivity index (χ3v) is 3.62. The molecule has 2 aromatic rings. The van der Waals surface area contributed by atoms with E-state index in [0.717, 1.165) is 24.3 Å². The number of hydrogen-bond donors (Lipinski definition) is 0. The van der Waals surface area contributed by atoms with Crippen molar-refractivity contribution in [2.24, 2.45) is 0 Å². The molecule has 0 bridgehead atoms. The van der Waals surface area contributed by atoms with E-state index in [9.17, 15) is 4.79 Å². The van der Waals surface area contributed by atoms with Crippen LogP contribution in [-0.4, -0.2) is 9.36 Å². The minimum absolute atomic E-state index is 0.00917. The highest BCUT2D eigenvalue weighted by Crippen LogP contribution is 2.17. The van der Waals surface area contributed by atoms with E-state index in [1.165, 1.54) is 0 Å². The molecule has 0 atom stereocenters. The number of para-hydroxylation sites is 1. The molecule has 0 saturated carbocycles. The van der Waals surface area contributed by atoms with Crippen LogP contribution >= 0.6 is 15.9 Å². The minimum Gasteiger partial charge on any atom is -0.281 e. The van der Waals surface area contributed by atoms with Crippen molar-refractivity contribution in [3.8, 4) is 5.69 Å². The first-order chi connectivity index (χ1) is 8.20. The first kappa shape index (κ1) is 12.2. The average molecular weight is 295 g/mol. The molecule has 0 radical (unpaired) electrons. The van der Waals surface area contributed by atoms with Gasteiger partial charge in [-0.05, 0) is 41.4 Å². The van der Waals surface area contributed by atoms with E-state index in [2.05, 4.69) is 22.9 Å². The van der Waals surface area contributed by atoms with Gasteiger partial charge in [-0.15, -0.1) is 0 Å². The van der Waals surface area contributed by atoms with E-state index >= 15 is 0 Å². The van der Waals surface area contributed by atoms with Crippen LogP contribution in [0.1, 0.15) is 19.5 Å². The Hall–Kier alpha value is -1.29. The Bertz CT molecular complexity index is 569. The highest BCUT2D eigenvalue weighted by molar-refractivity contribution is 9.10. The first-order valence-corrected chi connectivity index (χ1v) is 6.55. The molecule has 0 fully saturated rings. The summed E-state index contributed by atoms with van der Waals surface area (Å²) >= 11 is 3.40. The Morgan fingerprint density at radius 2 is 1.82 bits per heavy atom. The molecule has 17 heavy (non-hydrogen) atoms. The number of nitrogens with zero attached hydrogens (tertiary/aromatic N) is 2.